The van der Waals surface area contributed by atoms with E-state index in [9.17, 15) is 9.59 Å². The summed E-state index contributed by atoms with van der Waals surface area (Å²) in [6.07, 6.45) is 1.66. The molecule has 4 rings (SSSR count). The zero-order chi connectivity index (χ0) is 19.7. The fourth-order valence-corrected chi connectivity index (χ4v) is 3.99. The van der Waals surface area contributed by atoms with Crippen LogP contribution in [0.1, 0.15) is 21.5 Å². The fourth-order valence-electron chi connectivity index (χ4n) is 2.92. The Morgan fingerprint density at radius 1 is 1.14 bits per heavy atom. The SMILES string of the molecule is Cc1cccc2sc(NC(=O)c3cccn(Cc4ccc(Cl)cc4)c3=O)nc12. The molecule has 0 spiro atoms. The molecule has 0 unspecified atom stereocenters. The van der Waals surface area contributed by atoms with Gasteiger partial charge in [-0.05, 0) is 48.4 Å². The lowest BCUT2D eigenvalue weighted by molar-refractivity contribution is 0.102. The highest BCUT2D eigenvalue weighted by Crippen LogP contribution is 2.28. The van der Waals surface area contributed by atoms with Crippen molar-refractivity contribution in [2.75, 3.05) is 5.32 Å². The summed E-state index contributed by atoms with van der Waals surface area (Å²) in [5.41, 5.74) is 2.54. The van der Waals surface area contributed by atoms with Crippen LogP contribution in [0.25, 0.3) is 10.2 Å². The average molecular weight is 410 g/mol. The van der Waals surface area contributed by atoms with Gasteiger partial charge in [0, 0.05) is 11.2 Å². The first-order valence-electron chi connectivity index (χ1n) is 8.63. The van der Waals surface area contributed by atoms with Crippen LogP contribution in [-0.2, 0) is 6.54 Å². The van der Waals surface area contributed by atoms with Gasteiger partial charge in [-0.3, -0.25) is 14.9 Å². The predicted molar refractivity (Wildman–Crippen MR) is 114 cm³/mol. The molecule has 0 aliphatic rings. The molecule has 4 aromatic rings. The number of hydrogen-bond donors (Lipinski definition) is 1. The van der Waals surface area contributed by atoms with Gasteiger partial charge in [0.25, 0.3) is 11.5 Å². The summed E-state index contributed by atoms with van der Waals surface area (Å²) < 4.78 is 2.49. The van der Waals surface area contributed by atoms with E-state index in [2.05, 4.69) is 10.3 Å². The lowest BCUT2D eigenvalue weighted by Crippen LogP contribution is -2.29. The fraction of sp³-hybridized carbons (Fsp3) is 0.0952. The molecule has 2 aromatic carbocycles. The number of rotatable bonds is 4. The van der Waals surface area contributed by atoms with Crippen LogP contribution in [0, 0.1) is 6.92 Å². The molecule has 0 bridgehead atoms. The zero-order valence-corrected chi connectivity index (χ0v) is 16.6. The van der Waals surface area contributed by atoms with Crippen LogP contribution >= 0.6 is 22.9 Å². The summed E-state index contributed by atoms with van der Waals surface area (Å²) in [5, 5.41) is 3.86. The van der Waals surface area contributed by atoms with Crippen LogP contribution in [0.4, 0.5) is 5.13 Å². The summed E-state index contributed by atoms with van der Waals surface area (Å²) >= 11 is 7.29. The van der Waals surface area contributed by atoms with Crippen LogP contribution in [-0.4, -0.2) is 15.5 Å². The van der Waals surface area contributed by atoms with E-state index in [0.29, 0.717) is 16.7 Å². The normalized spacial score (nSPS) is 10.9. The molecule has 1 N–H and O–H groups in total. The quantitative estimate of drug-likeness (QED) is 0.530. The minimum atomic E-state index is -0.466. The maximum Gasteiger partial charge on any atom is 0.263 e. The van der Waals surface area contributed by atoms with Gasteiger partial charge in [0.1, 0.15) is 5.56 Å². The number of halogens is 1. The number of carbonyl (C=O) groups is 1. The maximum absolute atomic E-state index is 12.8. The molecule has 0 aliphatic carbocycles. The van der Waals surface area contributed by atoms with E-state index >= 15 is 0 Å². The van der Waals surface area contributed by atoms with Crippen LogP contribution in [0.2, 0.25) is 5.02 Å². The molecule has 2 aromatic heterocycles. The number of benzene rings is 2. The van der Waals surface area contributed by atoms with E-state index in [-0.39, 0.29) is 11.1 Å². The number of aryl methyl sites for hydroxylation is 1. The number of pyridine rings is 1. The zero-order valence-electron chi connectivity index (χ0n) is 15.0. The summed E-state index contributed by atoms with van der Waals surface area (Å²) in [4.78, 5) is 29.9. The minimum Gasteiger partial charge on any atom is -0.310 e. The highest BCUT2D eigenvalue weighted by molar-refractivity contribution is 7.22. The Balaban J connectivity index is 1.59. The lowest BCUT2D eigenvalue weighted by Gasteiger charge is -2.08. The van der Waals surface area contributed by atoms with Gasteiger partial charge in [-0.15, -0.1) is 0 Å². The van der Waals surface area contributed by atoms with Gasteiger partial charge in [-0.2, -0.15) is 0 Å². The summed E-state index contributed by atoms with van der Waals surface area (Å²) in [6, 6.07) is 16.3. The molecule has 1 amide bonds. The Kier molecular flexibility index (Phi) is 4.98. The molecular weight excluding hydrogens is 394 g/mol. The number of hydrogen-bond acceptors (Lipinski definition) is 4. The molecular formula is C21H16ClN3O2S. The Labute approximate surface area is 170 Å². The van der Waals surface area contributed by atoms with E-state index in [1.165, 1.54) is 22.0 Å². The third kappa shape index (κ3) is 3.69. The van der Waals surface area contributed by atoms with Crippen LogP contribution in [0.15, 0.2) is 65.6 Å². The first kappa shape index (κ1) is 18.4. The molecule has 0 fully saturated rings. The Morgan fingerprint density at radius 3 is 2.68 bits per heavy atom. The van der Waals surface area contributed by atoms with Gasteiger partial charge in [-0.1, -0.05) is 47.2 Å². The summed E-state index contributed by atoms with van der Waals surface area (Å²) in [5.74, 6) is -0.466. The second kappa shape index (κ2) is 7.58. The van der Waals surface area contributed by atoms with E-state index < -0.39 is 5.91 Å². The Hall–Kier alpha value is -2.96. The maximum atomic E-state index is 12.8. The van der Waals surface area contributed by atoms with Crippen molar-refractivity contribution in [3.63, 3.8) is 0 Å². The number of nitrogens with one attached hydrogen (secondary N) is 1. The average Bonchev–Trinajstić information content (AvgIpc) is 3.09. The van der Waals surface area contributed by atoms with Gasteiger partial charge in [0.2, 0.25) is 0 Å². The van der Waals surface area contributed by atoms with Crippen molar-refractivity contribution in [1.29, 1.82) is 0 Å². The number of nitrogens with zero attached hydrogens (tertiary/aromatic N) is 2. The number of fused-ring (bicyclic) bond motifs is 1. The number of carbonyl (C=O) groups excluding carboxylic acids is 1. The van der Waals surface area contributed by atoms with Crippen molar-refractivity contribution in [3.05, 3.63) is 92.9 Å². The van der Waals surface area contributed by atoms with E-state index in [0.717, 1.165) is 21.3 Å². The molecule has 0 radical (unpaired) electrons. The van der Waals surface area contributed by atoms with Gasteiger partial charge >= 0.3 is 0 Å². The molecule has 28 heavy (non-hydrogen) atoms. The van der Waals surface area contributed by atoms with Crippen molar-refractivity contribution >= 4 is 44.2 Å². The molecule has 0 atom stereocenters. The molecule has 5 nitrogen and oxygen atoms in total. The van der Waals surface area contributed by atoms with E-state index in [1.54, 1.807) is 24.4 Å². The lowest BCUT2D eigenvalue weighted by atomic mass is 10.2. The molecule has 140 valence electrons. The van der Waals surface area contributed by atoms with E-state index in [1.807, 2.05) is 37.3 Å². The predicted octanol–water partition coefficient (Wildman–Crippen LogP) is 4.72. The van der Waals surface area contributed by atoms with Crippen molar-refractivity contribution in [2.24, 2.45) is 0 Å². The Bertz CT molecular complexity index is 1230. The first-order chi connectivity index (χ1) is 13.5. The largest absolute Gasteiger partial charge is 0.310 e. The second-order valence-electron chi connectivity index (χ2n) is 6.38. The topological polar surface area (TPSA) is 64.0 Å². The number of para-hydroxylation sites is 1. The molecule has 2 heterocycles. The number of aromatic nitrogens is 2. The van der Waals surface area contributed by atoms with Gasteiger partial charge in [-0.25, -0.2) is 4.98 Å². The number of amides is 1. The van der Waals surface area contributed by atoms with E-state index in [4.69, 9.17) is 11.6 Å². The molecule has 7 heteroatoms. The van der Waals surface area contributed by atoms with Crippen molar-refractivity contribution < 1.29 is 4.79 Å². The molecule has 0 saturated heterocycles. The molecule has 0 saturated carbocycles. The van der Waals surface area contributed by atoms with Gasteiger partial charge in [0.05, 0.1) is 16.8 Å². The van der Waals surface area contributed by atoms with Crippen LogP contribution < -0.4 is 10.9 Å². The van der Waals surface area contributed by atoms with Crippen molar-refractivity contribution in [1.82, 2.24) is 9.55 Å². The number of thiazole rings is 1. The highest BCUT2D eigenvalue weighted by Gasteiger charge is 2.15. The number of anilines is 1. The van der Waals surface area contributed by atoms with Crippen molar-refractivity contribution in [3.8, 4) is 0 Å². The molecule has 0 aliphatic heterocycles. The first-order valence-corrected chi connectivity index (χ1v) is 9.82. The van der Waals surface area contributed by atoms with Crippen LogP contribution in [0.3, 0.4) is 0 Å². The third-order valence-electron chi connectivity index (χ3n) is 4.37. The highest BCUT2D eigenvalue weighted by atomic mass is 35.5. The third-order valence-corrected chi connectivity index (χ3v) is 5.56. The monoisotopic (exact) mass is 409 g/mol. The van der Waals surface area contributed by atoms with Gasteiger partial charge < -0.3 is 4.57 Å². The van der Waals surface area contributed by atoms with Crippen LogP contribution in [0.5, 0.6) is 0 Å². The summed E-state index contributed by atoms with van der Waals surface area (Å²) in [6.45, 7) is 2.33. The van der Waals surface area contributed by atoms with Gasteiger partial charge in [0.15, 0.2) is 5.13 Å². The summed E-state index contributed by atoms with van der Waals surface area (Å²) in [7, 11) is 0. The minimum absolute atomic E-state index is 0.0763. The smallest absolute Gasteiger partial charge is 0.263 e. The Morgan fingerprint density at radius 2 is 1.93 bits per heavy atom. The van der Waals surface area contributed by atoms with Crippen molar-refractivity contribution in [2.45, 2.75) is 13.5 Å². The second-order valence-corrected chi connectivity index (χ2v) is 7.84. The standard InChI is InChI=1S/C21H16ClN3O2S/c1-13-4-2-6-17-18(13)23-21(28-17)24-19(26)16-5-3-11-25(20(16)27)12-14-7-9-15(22)10-8-14/h2-11H,12H2,1H3,(H,23,24,26).